The van der Waals surface area contributed by atoms with Gasteiger partial charge in [-0.25, -0.2) is 9.59 Å². The molecule has 0 aliphatic carbocycles. The molecule has 27 heavy (non-hydrogen) atoms. The second-order valence-corrected chi connectivity index (χ2v) is 6.52. The zero-order valence-electron chi connectivity index (χ0n) is 16.1. The highest BCUT2D eigenvalue weighted by Gasteiger charge is 2.24. The lowest BCUT2D eigenvalue weighted by atomic mass is 10.1. The highest BCUT2D eigenvalue weighted by molar-refractivity contribution is 6.00. The van der Waals surface area contributed by atoms with Crippen molar-refractivity contribution >= 4 is 23.5 Å². The van der Waals surface area contributed by atoms with Gasteiger partial charge in [-0.05, 0) is 51.8 Å². The average Bonchev–Trinajstić information content (AvgIpc) is 2.89. The van der Waals surface area contributed by atoms with Crippen LogP contribution in [0.2, 0.25) is 0 Å². The molecule has 0 saturated carbocycles. The van der Waals surface area contributed by atoms with E-state index >= 15 is 0 Å². The number of hydrogen-bond acceptors (Lipinski definition) is 5. The Morgan fingerprint density at radius 2 is 1.74 bits per heavy atom. The van der Waals surface area contributed by atoms with E-state index in [2.05, 4.69) is 10.3 Å². The highest BCUT2D eigenvalue weighted by atomic mass is 16.5. The number of aromatic nitrogens is 1. The van der Waals surface area contributed by atoms with Crippen LogP contribution in [0, 0.1) is 20.8 Å². The molecule has 0 aliphatic heterocycles. The number of hydrogen-bond donors (Lipinski definition) is 2. The molecule has 0 bridgehead atoms. The molecule has 1 heterocycles. The third-order valence-electron chi connectivity index (χ3n) is 3.94. The zero-order valence-corrected chi connectivity index (χ0v) is 16.1. The van der Waals surface area contributed by atoms with Gasteiger partial charge in [0, 0.05) is 11.4 Å². The first-order chi connectivity index (χ1) is 12.7. The van der Waals surface area contributed by atoms with Crippen molar-refractivity contribution < 1.29 is 23.9 Å². The Labute approximate surface area is 158 Å². The summed E-state index contributed by atoms with van der Waals surface area (Å²) >= 11 is 0. The van der Waals surface area contributed by atoms with Gasteiger partial charge in [0.25, 0.3) is 5.91 Å². The fraction of sp³-hybridized carbons (Fsp3) is 0.350. The van der Waals surface area contributed by atoms with Crippen LogP contribution in [0.3, 0.4) is 0 Å². The van der Waals surface area contributed by atoms with E-state index in [1.165, 1.54) is 0 Å². The number of anilines is 1. The lowest BCUT2D eigenvalue weighted by Crippen LogP contribution is -2.21. The van der Waals surface area contributed by atoms with Gasteiger partial charge in [0.15, 0.2) is 6.61 Å². The van der Waals surface area contributed by atoms with Crippen LogP contribution in [-0.4, -0.2) is 35.5 Å². The Kier molecular flexibility index (Phi) is 6.39. The van der Waals surface area contributed by atoms with Crippen LogP contribution in [-0.2, 0) is 14.3 Å². The number of ether oxygens (including phenoxy) is 2. The lowest BCUT2D eigenvalue weighted by Gasteiger charge is -2.09. The number of carbonyl (C=O) groups is 3. The summed E-state index contributed by atoms with van der Waals surface area (Å²) < 4.78 is 10.3. The Balaban J connectivity index is 2.03. The van der Waals surface area contributed by atoms with Crippen molar-refractivity contribution in [3.05, 3.63) is 52.3 Å². The number of carbonyl (C=O) groups excluding carboxylic acids is 3. The number of esters is 2. The summed E-state index contributed by atoms with van der Waals surface area (Å²) in [6, 6.07) is 7.30. The first-order valence-electron chi connectivity index (χ1n) is 8.63. The number of aryl methyl sites for hydroxylation is 2. The average molecular weight is 372 g/mol. The van der Waals surface area contributed by atoms with Gasteiger partial charge >= 0.3 is 11.9 Å². The maximum Gasteiger partial charge on any atom is 0.355 e. The molecule has 0 aliphatic rings. The minimum absolute atomic E-state index is 0.131. The van der Waals surface area contributed by atoms with Crippen molar-refractivity contribution in [2.45, 2.75) is 40.7 Å². The van der Waals surface area contributed by atoms with Gasteiger partial charge in [-0.15, -0.1) is 0 Å². The second-order valence-electron chi connectivity index (χ2n) is 6.52. The predicted octanol–water partition coefficient (Wildman–Crippen LogP) is 3.30. The topological polar surface area (TPSA) is 97.5 Å². The number of benzene rings is 1. The minimum atomic E-state index is -0.709. The van der Waals surface area contributed by atoms with Gasteiger partial charge in [0.1, 0.15) is 5.69 Å². The Morgan fingerprint density at radius 3 is 2.37 bits per heavy atom. The summed E-state index contributed by atoms with van der Waals surface area (Å²) in [5.74, 6) is -1.66. The van der Waals surface area contributed by atoms with Crippen molar-refractivity contribution in [2.75, 3.05) is 11.9 Å². The molecular formula is C20H24N2O5. The van der Waals surface area contributed by atoms with Crippen LogP contribution in [0.4, 0.5) is 5.69 Å². The Bertz CT molecular complexity index is 867. The number of nitrogens with one attached hydrogen (secondary N) is 2. The molecule has 1 aromatic carbocycles. The fourth-order valence-corrected chi connectivity index (χ4v) is 2.64. The van der Waals surface area contributed by atoms with Crippen molar-refractivity contribution in [1.82, 2.24) is 4.98 Å². The SMILES string of the molecule is Cc1ccccc1NC(=O)COC(=O)c1[nH]c(C)c(C(=O)OC(C)C)c1C. The number of H-pyrrole nitrogens is 1. The molecular weight excluding hydrogens is 348 g/mol. The van der Waals surface area contributed by atoms with E-state index in [0.29, 0.717) is 22.5 Å². The third-order valence-corrected chi connectivity index (χ3v) is 3.94. The molecule has 7 nitrogen and oxygen atoms in total. The molecule has 2 aromatic rings. The first-order valence-corrected chi connectivity index (χ1v) is 8.63. The molecule has 2 N–H and O–H groups in total. The third kappa shape index (κ3) is 4.97. The summed E-state index contributed by atoms with van der Waals surface area (Å²) in [5, 5.41) is 2.69. The monoisotopic (exact) mass is 372 g/mol. The van der Waals surface area contributed by atoms with Gasteiger partial charge in [-0.3, -0.25) is 4.79 Å². The van der Waals surface area contributed by atoms with Crippen LogP contribution >= 0.6 is 0 Å². The molecule has 144 valence electrons. The first kappa shape index (κ1) is 20.2. The van der Waals surface area contributed by atoms with Gasteiger partial charge in [-0.1, -0.05) is 18.2 Å². The molecule has 0 saturated heterocycles. The molecule has 0 fully saturated rings. The zero-order chi connectivity index (χ0) is 20.1. The summed E-state index contributed by atoms with van der Waals surface area (Å²) in [7, 11) is 0. The van der Waals surface area contributed by atoms with Gasteiger partial charge in [-0.2, -0.15) is 0 Å². The highest BCUT2D eigenvalue weighted by Crippen LogP contribution is 2.20. The van der Waals surface area contributed by atoms with Crippen LogP contribution < -0.4 is 5.32 Å². The predicted molar refractivity (Wildman–Crippen MR) is 101 cm³/mol. The van der Waals surface area contributed by atoms with Crippen LogP contribution in [0.25, 0.3) is 0 Å². The quantitative estimate of drug-likeness (QED) is 0.758. The number of para-hydroxylation sites is 1. The largest absolute Gasteiger partial charge is 0.459 e. The second kappa shape index (κ2) is 8.53. The van der Waals surface area contributed by atoms with E-state index in [9.17, 15) is 14.4 Å². The molecule has 2 rings (SSSR count). The van der Waals surface area contributed by atoms with E-state index in [1.54, 1.807) is 39.8 Å². The minimum Gasteiger partial charge on any atom is -0.459 e. The van der Waals surface area contributed by atoms with E-state index in [1.807, 2.05) is 19.1 Å². The molecule has 1 amide bonds. The molecule has 0 atom stereocenters. The van der Waals surface area contributed by atoms with E-state index in [-0.39, 0.29) is 11.8 Å². The normalized spacial score (nSPS) is 10.6. The molecule has 7 heteroatoms. The molecule has 0 radical (unpaired) electrons. The molecule has 0 unspecified atom stereocenters. The lowest BCUT2D eigenvalue weighted by molar-refractivity contribution is -0.119. The van der Waals surface area contributed by atoms with Crippen molar-refractivity contribution in [3.63, 3.8) is 0 Å². The number of aromatic amines is 1. The van der Waals surface area contributed by atoms with E-state index in [0.717, 1.165) is 5.56 Å². The summed E-state index contributed by atoms with van der Waals surface area (Å²) in [4.78, 5) is 39.3. The van der Waals surface area contributed by atoms with Crippen molar-refractivity contribution in [2.24, 2.45) is 0 Å². The Morgan fingerprint density at radius 1 is 1.07 bits per heavy atom. The molecule has 0 spiro atoms. The number of rotatable bonds is 6. The summed E-state index contributed by atoms with van der Waals surface area (Å²) in [6.45, 7) is 8.23. The summed E-state index contributed by atoms with van der Waals surface area (Å²) in [5.41, 5.74) is 2.94. The van der Waals surface area contributed by atoms with E-state index in [4.69, 9.17) is 9.47 Å². The van der Waals surface area contributed by atoms with Crippen LogP contribution in [0.15, 0.2) is 24.3 Å². The smallest absolute Gasteiger partial charge is 0.355 e. The van der Waals surface area contributed by atoms with Gasteiger partial charge in [0.2, 0.25) is 0 Å². The van der Waals surface area contributed by atoms with Crippen molar-refractivity contribution in [3.8, 4) is 0 Å². The van der Waals surface area contributed by atoms with E-state index < -0.39 is 24.5 Å². The number of amides is 1. The van der Waals surface area contributed by atoms with Crippen LogP contribution in [0.1, 0.15) is 51.5 Å². The Hall–Kier alpha value is -3.09. The molecule has 1 aromatic heterocycles. The maximum atomic E-state index is 12.3. The maximum absolute atomic E-state index is 12.3. The van der Waals surface area contributed by atoms with Gasteiger partial charge < -0.3 is 19.8 Å². The van der Waals surface area contributed by atoms with Gasteiger partial charge in [0.05, 0.1) is 11.7 Å². The standard InChI is InChI=1S/C20H24N2O5/c1-11(2)27-19(24)17-13(4)18(21-14(17)5)20(25)26-10-16(23)22-15-9-7-6-8-12(15)3/h6-9,11,21H,10H2,1-5H3,(H,22,23). The summed E-state index contributed by atoms with van der Waals surface area (Å²) in [6.07, 6.45) is -0.272. The fourth-order valence-electron chi connectivity index (χ4n) is 2.64. The van der Waals surface area contributed by atoms with Crippen LogP contribution in [0.5, 0.6) is 0 Å². The van der Waals surface area contributed by atoms with Crippen molar-refractivity contribution in [1.29, 1.82) is 0 Å².